The highest BCUT2D eigenvalue weighted by Gasteiger charge is 2.54. The molecule has 1 heterocycles. The van der Waals surface area contributed by atoms with Crippen LogP contribution >= 0.6 is 0 Å². The van der Waals surface area contributed by atoms with E-state index in [-0.39, 0.29) is 19.0 Å². The first-order chi connectivity index (χ1) is 7.17. The van der Waals surface area contributed by atoms with Gasteiger partial charge in [-0.05, 0) is 6.92 Å². The second-order valence-electron chi connectivity index (χ2n) is 4.14. The van der Waals surface area contributed by atoms with Crippen LogP contribution in [0.5, 0.6) is 0 Å². The molecule has 1 saturated heterocycles. The van der Waals surface area contributed by atoms with Crippen LogP contribution in [0.15, 0.2) is 0 Å². The number of rotatable bonds is 1. The van der Waals surface area contributed by atoms with Crippen molar-refractivity contribution in [2.24, 2.45) is 5.73 Å². The summed E-state index contributed by atoms with van der Waals surface area (Å²) in [5, 5.41) is 9.35. The molecule has 1 aliphatic rings. The highest BCUT2D eigenvalue weighted by atomic mass is 19.4. The Balaban J connectivity index is 2.61. The Bertz CT molecular complexity index is 270. The molecule has 0 radical (unpaired) electrons. The molecular weight excluding hydrogens is 225 g/mol. The molecule has 0 aliphatic carbocycles. The van der Waals surface area contributed by atoms with E-state index in [0.29, 0.717) is 0 Å². The Morgan fingerprint density at radius 2 is 1.88 bits per heavy atom. The predicted octanol–water partition coefficient (Wildman–Crippen LogP) is 0.249. The van der Waals surface area contributed by atoms with Gasteiger partial charge >= 0.3 is 6.18 Å². The van der Waals surface area contributed by atoms with Crippen molar-refractivity contribution < 1.29 is 23.1 Å². The molecule has 1 atom stereocenters. The van der Waals surface area contributed by atoms with E-state index in [9.17, 15) is 23.1 Å². The Kier molecular flexibility index (Phi) is 3.49. The molecule has 0 aromatic heterocycles. The van der Waals surface area contributed by atoms with Gasteiger partial charge in [-0.1, -0.05) is 0 Å². The molecular formula is C9H15F3N2O2. The van der Waals surface area contributed by atoms with E-state index in [0.717, 1.165) is 0 Å². The van der Waals surface area contributed by atoms with Crippen LogP contribution in [-0.2, 0) is 4.79 Å². The fourth-order valence-electron chi connectivity index (χ4n) is 1.67. The highest BCUT2D eigenvalue weighted by molar-refractivity contribution is 5.81. The van der Waals surface area contributed by atoms with Crippen LogP contribution in [0, 0.1) is 0 Å². The molecule has 16 heavy (non-hydrogen) atoms. The second-order valence-corrected chi connectivity index (χ2v) is 4.14. The number of halogens is 3. The number of carbonyl (C=O) groups excluding carboxylic acids is 1. The largest absolute Gasteiger partial charge is 0.417 e. The zero-order valence-corrected chi connectivity index (χ0v) is 8.92. The van der Waals surface area contributed by atoms with Crippen molar-refractivity contribution in [1.29, 1.82) is 0 Å². The van der Waals surface area contributed by atoms with E-state index < -0.39 is 30.7 Å². The van der Waals surface area contributed by atoms with Gasteiger partial charge in [0.2, 0.25) is 5.91 Å². The number of hydrogen-bond donors (Lipinski definition) is 2. The van der Waals surface area contributed by atoms with Gasteiger partial charge in [0.05, 0.1) is 6.04 Å². The molecule has 0 saturated carbocycles. The molecule has 7 heteroatoms. The maximum Gasteiger partial charge on any atom is 0.417 e. The minimum Gasteiger partial charge on any atom is -0.380 e. The Morgan fingerprint density at radius 3 is 2.19 bits per heavy atom. The van der Waals surface area contributed by atoms with Gasteiger partial charge < -0.3 is 15.7 Å². The van der Waals surface area contributed by atoms with E-state index in [4.69, 9.17) is 5.73 Å². The summed E-state index contributed by atoms with van der Waals surface area (Å²) in [6.07, 6.45) is -5.62. The fourth-order valence-corrected chi connectivity index (χ4v) is 1.67. The van der Waals surface area contributed by atoms with E-state index in [1.165, 1.54) is 11.8 Å². The third kappa shape index (κ3) is 2.46. The Hall–Kier alpha value is -0.820. The molecule has 4 nitrogen and oxygen atoms in total. The highest BCUT2D eigenvalue weighted by Crippen LogP contribution is 2.38. The summed E-state index contributed by atoms with van der Waals surface area (Å²) in [4.78, 5) is 12.7. The predicted molar refractivity (Wildman–Crippen MR) is 50.5 cm³/mol. The van der Waals surface area contributed by atoms with Crippen LogP contribution < -0.4 is 5.73 Å². The summed E-state index contributed by atoms with van der Waals surface area (Å²) >= 11 is 0. The van der Waals surface area contributed by atoms with E-state index in [2.05, 4.69) is 0 Å². The van der Waals surface area contributed by atoms with Crippen molar-refractivity contribution in [2.45, 2.75) is 37.6 Å². The summed E-state index contributed by atoms with van der Waals surface area (Å²) in [7, 11) is 0. The molecule has 3 N–H and O–H groups in total. The Morgan fingerprint density at radius 1 is 1.44 bits per heavy atom. The Labute approximate surface area is 91.2 Å². The monoisotopic (exact) mass is 240 g/mol. The van der Waals surface area contributed by atoms with E-state index in [1.54, 1.807) is 0 Å². The smallest absolute Gasteiger partial charge is 0.380 e. The third-order valence-electron chi connectivity index (χ3n) is 2.82. The molecule has 0 aromatic rings. The third-order valence-corrected chi connectivity index (χ3v) is 2.82. The molecule has 0 aromatic carbocycles. The molecule has 94 valence electrons. The second kappa shape index (κ2) is 4.21. The first-order valence-corrected chi connectivity index (χ1v) is 5.01. The number of carbonyl (C=O) groups is 1. The molecule has 0 bridgehead atoms. The quantitative estimate of drug-likeness (QED) is 0.690. The average molecular weight is 240 g/mol. The summed E-state index contributed by atoms with van der Waals surface area (Å²) in [5.41, 5.74) is 2.68. The van der Waals surface area contributed by atoms with Crippen molar-refractivity contribution >= 4 is 5.91 Å². The van der Waals surface area contributed by atoms with Gasteiger partial charge in [-0.3, -0.25) is 4.79 Å². The number of nitrogens with zero attached hydrogens (tertiary/aromatic N) is 1. The molecule has 0 unspecified atom stereocenters. The summed E-state index contributed by atoms with van der Waals surface area (Å²) in [5.74, 6) is -0.385. The molecule has 1 fully saturated rings. The SMILES string of the molecule is C[C@H](N)C(=O)N1CCC(O)(C(F)(F)F)CC1. The minimum absolute atomic E-state index is 0.115. The molecule has 1 amide bonds. The first-order valence-electron chi connectivity index (χ1n) is 5.01. The van der Waals surface area contributed by atoms with Crippen LogP contribution in [0.4, 0.5) is 13.2 Å². The number of hydrogen-bond acceptors (Lipinski definition) is 3. The van der Waals surface area contributed by atoms with Crippen LogP contribution in [-0.4, -0.2) is 46.8 Å². The number of piperidine rings is 1. The van der Waals surface area contributed by atoms with Gasteiger partial charge in [0.15, 0.2) is 5.60 Å². The minimum atomic E-state index is -4.64. The lowest BCUT2D eigenvalue weighted by Crippen LogP contribution is -2.56. The van der Waals surface area contributed by atoms with Gasteiger partial charge in [-0.25, -0.2) is 0 Å². The van der Waals surface area contributed by atoms with E-state index in [1.807, 2.05) is 0 Å². The molecule has 1 rings (SSSR count). The van der Waals surface area contributed by atoms with Crippen LogP contribution in [0.25, 0.3) is 0 Å². The number of aliphatic hydroxyl groups is 1. The van der Waals surface area contributed by atoms with Crippen LogP contribution in [0.2, 0.25) is 0 Å². The summed E-state index contributed by atoms with van der Waals surface area (Å²) in [6.45, 7) is 1.25. The lowest BCUT2D eigenvalue weighted by molar-refractivity contribution is -0.272. The van der Waals surface area contributed by atoms with Crippen LogP contribution in [0.3, 0.4) is 0 Å². The van der Waals surface area contributed by atoms with Crippen molar-refractivity contribution in [2.75, 3.05) is 13.1 Å². The zero-order valence-electron chi connectivity index (χ0n) is 8.92. The maximum atomic E-state index is 12.4. The maximum absolute atomic E-state index is 12.4. The summed E-state index contributed by atoms with van der Waals surface area (Å²) < 4.78 is 37.3. The fraction of sp³-hybridized carbons (Fsp3) is 0.889. The average Bonchev–Trinajstić information content (AvgIpc) is 2.16. The van der Waals surface area contributed by atoms with Crippen molar-refractivity contribution in [1.82, 2.24) is 4.90 Å². The van der Waals surface area contributed by atoms with Crippen molar-refractivity contribution in [3.8, 4) is 0 Å². The zero-order chi connectivity index (χ0) is 12.6. The first kappa shape index (κ1) is 13.2. The number of amides is 1. The van der Waals surface area contributed by atoms with E-state index >= 15 is 0 Å². The van der Waals surface area contributed by atoms with Gasteiger partial charge in [0.1, 0.15) is 0 Å². The normalized spacial score (nSPS) is 23.0. The van der Waals surface area contributed by atoms with Gasteiger partial charge in [-0.2, -0.15) is 13.2 Å². The standard InChI is InChI=1S/C9H15F3N2O2/c1-6(13)7(15)14-4-2-8(16,3-5-14)9(10,11)12/h6,16H,2-5,13H2,1H3/t6-/m0/s1. The molecule has 1 aliphatic heterocycles. The van der Waals surface area contributed by atoms with Gasteiger partial charge in [-0.15, -0.1) is 0 Å². The molecule has 0 spiro atoms. The van der Waals surface area contributed by atoms with Gasteiger partial charge in [0, 0.05) is 25.9 Å². The number of alkyl halides is 3. The topological polar surface area (TPSA) is 66.6 Å². The van der Waals surface area contributed by atoms with Crippen LogP contribution in [0.1, 0.15) is 19.8 Å². The van der Waals surface area contributed by atoms with Gasteiger partial charge in [0.25, 0.3) is 0 Å². The summed E-state index contributed by atoms with van der Waals surface area (Å²) in [6, 6.07) is -0.725. The lowest BCUT2D eigenvalue weighted by Gasteiger charge is -2.39. The number of nitrogens with two attached hydrogens (primary N) is 1. The number of likely N-dealkylation sites (tertiary alicyclic amines) is 1. The van der Waals surface area contributed by atoms with Crippen molar-refractivity contribution in [3.05, 3.63) is 0 Å². The lowest BCUT2D eigenvalue weighted by atomic mass is 9.90. The van der Waals surface area contributed by atoms with Crippen molar-refractivity contribution in [3.63, 3.8) is 0 Å².